The highest BCUT2D eigenvalue weighted by atomic mass is 32.2. The molecule has 0 aliphatic rings. The predicted molar refractivity (Wildman–Crippen MR) is 55.8 cm³/mol. The van der Waals surface area contributed by atoms with Crippen LogP contribution in [0.3, 0.4) is 0 Å². The third-order valence-electron chi connectivity index (χ3n) is 1.65. The molecule has 0 aliphatic carbocycles. The molecule has 0 aromatic carbocycles. The number of hydrogen-bond donors (Lipinski definition) is 1. The summed E-state index contributed by atoms with van der Waals surface area (Å²) >= 11 is 1.72. The zero-order chi connectivity index (χ0) is 9.68. The van der Waals surface area contributed by atoms with Crippen molar-refractivity contribution in [1.29, 1.82) is 0 Å². The van der Waals surface area contributed by atoms with Gasteiger partial charge in [0, 0.05) is 24.0 Å². The average Bonchev–Trinajstić information content (AvgIpc) is 2.16. The summed E-state index contributed by atoms with van der Waals surface area (Å²) in [5.41, 5.74) is 5.46. The number of anilines is 1. The molecule has 1 rings (SSSR count). The van der Waals surface area contributed by atoms with E-state index in [9.17, 15) is 0 Å². The number of nitrogens with two attached hydrogens (primary N) is 1. The molecule has 0 spiro atoms. The molecular formula is C9H14N2OS. The summed E-state index contributed by atoms with van der Waals surface area (Å²) in [6.07, 6.45) is 2.05. The number of pyridine rings is 1. The number of nitrogens with zero attached hydrogens (tertiary/aromatic N) is 1. The molecule has 3 nitrogen and oxygen atoms in total. The lowest BCUT2D eigenvalue weighted by molar-refractivity contribution is 0.138. The maximum atomic E-state index is 5.46. The van der Waals surface area contributed by atoms with Crippen LogP contribution in [0.5, 0.6) is 0 Å². The zero-order valence-corrected chi connectivity index (χ0v) is 8.67. The SMILES string of the molecule is COC(C)CSc1ccc(N)nc1. The molecule has 13 heavy (non-hydrogen) atoms. The van der Waals surface area contributed by atoms with Crippen molar-refractivity contribution in [3.8, 4) is 0 Å². The summed E-state index contributed by atoms with van der Waals surface area (Å²) in [5, 5.41) is 0. The normalized spacial score (nSPS) is 12.8. The van der Waals surface area contributed by atoms with Crippen molar-refractivity contribution in [3.05, 3.63) is 18.3 Å². The Bertz CT molecular complexity index is 250. The topological polar surface area (TPSA) is 48.1 Å². The summed E-state index contributed by atoms with van der Waals surface area (Å²) in [7, 11) is 1.71. The number of ether oxygens (including phenoxy) is 1. The Kier molecular flexibility index (Phi) is 4.05. The third-order valence-corrected chi connectivity index (χ3v) is 2.86. The smallest absolute Gasteiger partial charge is 0.123 e. The van der Waals surface area contributed by atoms with Gasteiger partial charge in [0.05, 0.1) is 6.10 Å². The van der Waals surface area contributed by atoms with Gasteiger partial charge in [-0.2, -0.15) is 0 Å². The Labute approximate surface area is 82.7 Å². The molecule has 72 valence electrons. The van der Waals surface area contributed by atoms with E-state index < -0.39 is 0 Å². The van der Waals surface area contributed by atoms with Gasteiger partial charge in [0.15, 0.2) is 0 Å². The van der Waals surface area contributed by atoms with Crippen LogP contribution >= 0.6 is 11.8 Å². The molecule has 1 unspecified atom stereocenters. The second-order valence-corrected chi connectivity index (χ2v) is 3.87. The van der Waals surface area contributed by atoms with Crippen molar-refractivity contribution in [3.63, 3.8) is 0 Å². The minimum absolute atomic E-state index is 0.266. The minimum Gasteiger partial charge on any atom is -0.384 e. The van der Waals surface area contributed by atoms with E-state index in [4.69, 9.17) is 10.5 Å². The van der Waals surface area contributed by atoms with E-state index in [-0.39, 0.29) is 6.10 Å². The summed E-state index contributed by atoms with van der Waals surface area (Å²) in [5.74, 6) is 1.49. The van der Waals surface area contributed by atoms with E-state index in [1.807, 2.05) is 13.0 Å². The van der Waals surface area contributed by atoms with E-state index >= 15 is 0 Å². The molecule has 0 amide bonds. The second-order valence-electron chi connectivity index (χ2n) is 2.78. The number of hydrogen-bond acceptors (Lipinski definition) is 4. The molecule has 1 atom stereocenters. The molecule has 4 heteroatoms. The Morgan fingerprint density at radius 2 is 2.38 bits per heavy atom. The van der Waals surface area contributed by atoms with Gasteiger partial charge in [-0.25, -0.2) is 4.98 Å². The molecule has 1 heterocycles. The van der Waals surface area contributed by atoms with Crippen LogP contribution in [0.2, 0.25) is 0 Å². The summed E-state index contributed by atoms with van der Waals surface area (Å²) in [6, 6.07) is 3.77. The first-order chi connectivity index (χ1) is 6.22. The second kappa shape index (κ2) is 5.09. The van der Waals surface area contributed by atoms with Crippen molar-refractivity contribution >= 4 is 17.6 Å². The highest BCUT2D eigenvalue weighted by Gasteiger charge is 2.00. The first kappa shape index (κ1) is 10.3. The lowest BCUT2D eigenvalue weighted by Crippen LogP contribution is -2.07. The first-order valence-electron chi connectivity index (χ1n) is 4.09. The van der Waals surface area contributed by atoms with E-state index in [1.165, 1.54) is 0 Å². The Morgan fingerprint density at radius 1 is 1.62 bits per heavy atom. The Morgan fingerprint density at radius 3 is 2.92 bits per heavy atom. The van der Waals surface area contributed by atoms with Crippen LogP contribution in [0.1, 0.15) is 6.92 Å². The molecule has 0 fully saturated rings. The van der Waals surface area contributed by atoms with Crippen LogP contribution in [0.25, 0.3) is 0 Å². The number of thioether (sulfide) groups is 1. The van der Waals surface area contributed by atoms with Crippen LogP contribution in [0.4, 0.5) is 5.82 Å². The first-order valence-corrected chi connectivity index (χ1v) is 5.08. The monoisotopic (exact) mass is 198 g/mol. The van der Waals surface area contributed by atoms with Gasteiger partial charge >= 0.3 is 0 Å². The highest BCUT2D eigenvalue weighted by Crippen LogP contribution is 2.18. The van der Waals surface area contributed by atoms with E-state index in [2.05, 4.69) is 4.98 Å². The van der Waals surface area contributed by atoms with Crippen molar-refractivity contribution in [2.45, 2.75) is 17.9 Å². The number of nitrogen functional groups attached to an aromatic ring is 1. The van der Waals surface area contributed by atoms with Crippen LogP contribution in [0, 0.1) is 0 Å². The average molecular weight is 198 g/mol. The van der Waals surface area contributed by atoms with Gasteiger partial charge in [-0.1, -0.05) is 0 Å². The van der Waals surface area contributed by atoms with Crippen LogP contribution in [-0.4, -0.2) is 24.0 Å². The Hall–Kier alpha value is -0.740. The fourth-order valence-corrected chi connectivity index (χ4v) is 1.61. The number of aromatic nitrogens is 1. The molecule has 1 aromatic rings. The maximum Gasteiger partial charge on any atom is 0.123 e. The van der Waals surface area contributed by atoms with Crippen LogP contribution in [-0.2, 0) is 4.74 Å². The standard InChI is InChI=1S/C9H14N2OS/c1-7(12-2)6-13-8-3-4-9(10)11-5-8/h3-5,7H,6H2,1-2H3,(H2,10,11). The zero-order valence-electron chi connectivity index (χ0n) is 7.86. The highest BCUT2D eigenvalue weighted by molar-refractivity contribution is 7.99. The van der Waals surface area contributed by atoms with Crippen LogP contribution in [0.15, 0.2) is 23.2 Å². The molecule has 0 radical (unpaired) electrons. The van der Waals surface area contributed by atoms with Gasteiger partial charge in [0.2, 0.25) is 0 Å². The van der Waals surface area contributed by atoms with E-state index in [1.54, 1.807) is 31.1 Å². The lowest BCUT2D eigenvalue weighted by Gasteiger charge is -2.07. The van der Waals surface area contributed by atoms with E-state index in [0.717, 1.165) is 10.6 Å². The predicted octanol–water partition coefficient (Wildman–Crippen LogP) is 1.79. The van der Waals surface area contributed by atoms with Crippen molar-refractivity contribution in [1.82, 2.24) is 4.98 Å². The third kappa shape index (κ3) is 3.65. The van der Waals surface area contributed by atoms with E-state index in [0.29, 0.717) is 5.82 Å². The fourth-order valence-electron chi connectivity index (χ4n) is 0.759. The largest absolute Gasteiger partial charge is 0.384 e. The van der Waals surface area contributed by atoms with Gasteiger partial charge in [0.1, 0.15) is 5.82 Å². The summed E-state index contributed by atoms with van der Waals surface area (Å²) < 4.78 is 5.13. The number of methoxy groups -OCH3 is 1. The fraction of sp³-hybridized carbons (Fsp3) is 0.444. The number of rotatable bonds is 4. The van der Waals surface area contributed by atoms with Gasteiger partial charge in [-0.3, -0.25) is 0 Å². The molecule has 0 bridgehead atoms. The molecule has 2 N–H and O–H groups in total. The van der Waals surface area contributed by atoms with Gasteiger partial charge in [0.25, 0.3) is 0 Å². The summed E-state index contributed by atoms with van der Waals surface area (Å²) in [6.45, 7) is 2.04. The van der Waals surface area contributed by atoms with Crippen molar-refractivity contribution in [2.75, 3.05) is 18.6 Å². The van der Waals surface area contributed by atoms with Gasteiger partial charge in [-0.15, -0.1) is 11.8 Å². The molecule has 0 saturated carbocycles. The molecule has 1 aromatic heterocycles. The van der Waals surface area contributed by atoms with Crippen molar-refractivity contribution in [2.24, 2.45) is 0 Å². The van der Waals surface area contributed by atoms with Crippen LogP contribution < -0.4 is 5.73 Å². The molecule has 0 aliphatic heterocycles. The quantitative estimate of drug-likeness (QED) is 0.749. The minimum atomic E-state index is 0.266. The lowest BCUT2D eigenvalue weighted by atomic mass is 10.5. The van der Waals surface area contributed by atoms with Gasteiger partial charge in [-0.05, 0) is 19.1 Å². The molecule has 0 saturated heterocycles. The van der Waals surface area contributed by atoms with Crippen molar-refractivity contribution < 1.29 is 4.74 Å². The summed E-state index contributed by atoms with van der Waals surface area (Å²) in [4.78, 5) is 5.12. The Balaban J connectivity index is 2.41. The molecular weight excluding hydrogens is 184 g/mol. The van der Waals surface area contributed by atoms with Gasteiger partial charge < -0.3 is 10.5 Å². The maximum absolute atomic E-state index is 5.46.